The summed E-state index contributed by atoms with van der Waals surface area (Å²) in [6.45, 7) is 5.76. The van der Waals surface area contributed by atoms with Crippen LogP contribution in [0.5, 0.6) is 11.5 Å². The first-order chi connectivity index (χ1) is 18.1. The molecule has 0 fully saturated rings. The van der Waals surface area contributed by atoms with Crippen molar-refractivity contribution in [1.29, 1.82) is 0 Å². The van der Waals surface area contributed by atoms with Gasteiger partial charge in [-0.3, -0.25) is 14.4 Å². The molecule has 0 radical (unpaired) electrons. The number of carbonyl (C=O) groups excluding carboxylic acids is 2. The molecule has 0 aliphatic heterocycles. The standard InChI is InChI=1S/C30H26FN3O4/c1-6-27(35)33-21-9-11-26(38-28-17(3)12-20(31)13-18(28)4)23(15-21)25-16-34(5)30(37)24-14-19(8-10-22(24)25)29(36)32-7-2/h1,8-16H,7H2,2-5H3,(H,32,36)(H,33,35). The Labute approximate surface area is 219 Å². The number of ether oxygens (including phenoxy) is 1. The molecule has 2 amide bonds. The molecule has 1 aromatic heterocycles. The van der Waals surface area contributed by atoms with Crippen molar-refractivity contribution in [2.75, 3.05) is 11.9 Å². The number of terminal acetylenes is 1. The number of pyridine rings is 1. The van der Waals surface area contributed by atoms with Crippen LogP contribution in [0.25, 0.3) is 21.9 Å². The van der Waals surface area contributed by atoms with E-state index < -0.39 is 5.91 Å². The first kappa shape index (κ1) is 26.2. The Morgan fingerprint density at radius 2 is 1.74 bits per heavy atom. The average molecular weight is 512 g/mol. The van der Waals surface area contributed by atoms with Gasteiger partial charge in [0.15, 0.2) is 0 Å². The maximum atomic E-state index is 13.9. The monoisotopic (exact) mass is 511 g/mol. The fourth-order valence-corrected chi connectivity index (χ4v) is 4.33. The molecule has 0 atom stereocenters. The highest BCUT2D eigenvalue weighted by Gasteiger charge is 2.18. The van der Waals surface area contributed by atoms with Crippen LogP contribution in [0.15, 0.2) is 59.5 Å². The van der Waals surface area contributed by atoms with Crippen LogP contribution in [-0.4, -0.2) is 22.9 Å². The molecule has 0 aliphatic rings. The Balaban J connectivity index is 1.97. The van der Waals surface area contributed by atoms with E-state index in [0.29, 0.717) is 62.3 Å². The number of fused-ring (bicyclic) bond motifs is 1. The van der Waals surface area contributed by atoms with Gasteiger partial charge in [0.2, 0.25) is 0 Å². The van der Waals surface area contributed by atoms with Crippen molar-refractivity contribution in [2.24, 2.45) is 7.05 Å². The van der Waals surface area contributed by atoms with Gasteiger partial charge >= 0.3 is 0 Å². The molecule has 3 aromatic carbocycles. The molecule has 0 aliphatic carbocycles. The molecule has 0 unspecified atom stereocenters. The van der Waals surface area contributed by atoms with Crippen LogP contribution in [0.2, 0.25) is 0 Å². The van der Waals surface area contributed by atoms with E-state index in [1.54, 1.807) is 63.5 Å². The highest BCUT2D eigenvalue weighted by Crippen LogP contribution is 2.40. The van der Waals surface area contributed by atoms with Gasteiger partial charge in [-0.2, -0.15) is 0 Å². The van der Waals surface area contributed by atoms with E-state index in [4.69, 9.17) is 11.2 Å². The topological polar surface area (TPSA) is 89.4 Å². The van der Waals surface area contributed by atoms with E-state index in [-0.39, 0.29) is 17.3 Å². The van der Waals surface area contributed by atoms with E-state index in [9.17, 15) is 18.8 Å². The maximum absolute atomic E-state index is 13.9. The molecule has 192 valence electrons. The first-order valence-electron chi connectivity index (χ1n) is 11.9. The van der Waals surface area contributed by atoms with Crippen molar-refractivity contribution >= 4 is 28.3 Å². The number of carbonyl (C=O) groups is 2. The molecule has 8 heteroatoms. The predicted octanol–water partition coefficient (Wildman–Crippen LogP) is 5.08. The summed E-state index contributed by atoms with van der Waals surface area (Å²) in [6.07, 6.45) is 6.89. The zero-order valence-electron chi connectivity index (χ0n) is 21.4. The van der Waals surface area contributed by atoms with Crippen molar-refractivity contribution in [3.05, 3.63) is 87.6 Å². The van der Waals surface area contributed by atoms with E-state index >= 15 is 0 Å². The molecule has 4 rings (SSSR count). The quantitative estimate of drug-likeness (QED) is 0.354. The van der Waals surface area contributed by atoms with Crippen molar-refractivity contribution in [3.8, 4) is 35.0 Å². The van der Waals surface area contributed by atoms with E-state index in [2.05, 4.69) is 10.6 Å². The van der Waals surface area contributed by atoms with Crippen molar-refractivity contribution in [2.45, 2.75) is 20.8 Å². The van der Waals surface area contributed by atoms with Gasteiger partial charge in [0.25, 0.3) is 17.4 Å². The normalized spacial score (nSPS) is 10.6. The van der Waals surface area contributed by atoms with Crippen LogP contribution in [0.1, 0.15) is 28.4 Å². The minimum absolute atomic E-state index is 0.278. The summed E-state index contributed by atoms with van der Waals surface area (Å²) in [5, 5.41) is 6.29. The highest BCUT2D eigenvalue weighted by molar-refractivity contribution is 6.05. The maximum Gasteiger partial charge on any atom is 0.300 e. The van der Waals surface area contributed by atoms with Crippen LogP contribution < -0.4 is 20.9 Å². The molecule has 7 nitrogen and oxygen atoms in total. The lowest BCUT2D eigenvalue weighted by Gasteiger charge is -2.18. The lowest BCUT2D eigenvalue weighted by molar-refractivity contribution is -0.111. The van der Waals surface area contributed by atoms with Gasteiger partial charge in [-0.25, -0.2) is 4.39 Å². The molecule has 0 bridgehead atoms. The molecular weight excluding hydrogens is 485 g/mol. The average Bonchev–Trinajstić information content (AvgIpc) is 2.88. The van der Waals surface area contributed by atoms with Crippen LogP contribution in [0.4, 0.5) is 10.1 Å². The number of aromatic nitrogens is 1. The minimum Gasteiger partial charge on any atom is -0.456 e. The Bertz CT molecular complexity index is 1680. The minimum atomic E-state index is -0.619. The number of benzene rings is 3. The van der Waals surface area contributed by atoms with E-state index in [1.807, 2.05) is 12.8 Å². The summed E-state index contributed by atoms with van der Waals surface area (Å²) in [4.78, 5) is 37.4. The van der Waals surface area contributed by atoms with Crippen LogP contribution in [-0.2, 0) is 11.8 Å². The molecule has 0 spiro atoms. The number of halogens is 1. The van der Waals surface area contributed by atoms with Crippen molar-refractivity contribution < 1.29 is 18.7 Å². The summed E-state index contributed by atoms with van der Waals surface area (Å²) in [5.41, 5.74) is 2.88. The SMILES string of the molecule is C#CC(=O)Nc1ccc(Oc2c(C)cc(F)cc2C)c(-c2cn(C)c(=O)c3cc(C(=O)NCC)ccc23)c1. The van der Waals surface area contributed by atoms with E-state index in [1.165, 1.54) is 16.7 Å². The number of nitrogens with one attached hydrogen (secondary N) is 2. The summed E-state index contributed by atoms with van der Waals surface area (Å²) in [5.74, 6) is 1.65. The van der Waals surface area contributed by atoms with E-state index in [0.717, 1.165) is 0 Å². The number of aryl methyl sites for hydroxylation is 3. The number of hydrogen-bond donors (Lipinski definition) is 2. The number of hydrogen-bond acceptors (Lipinski definition) is 4. The molecule has 2 N–H and O–H groups in total. The second kappa shape index (κ2) is 10.6. The molecule has 0 saturated carbocycles. The summed E-state index contributed by atoms with van der Waals surface area (Å²) in [7, 11) is 1.61. The van der Waals surface area contributed by atoms with Crippen LogP contribution in [0.3, 0.4) is 0 Å². The first-order valence-corrected chi connectivity index (χ1v) is 11.9. The van der Waals surface area contributed by atoms with Gasteiger partial charge < -0.3 is 19.9 Å². The second-order valence-corrected chi connectivity index (χ2v) is 8.86. The summed E-state index contributed by atoms with van der Waals surface area (Å²) >= 11 is 0. The third-order valence-electron chi connectivity index (χ3n) is 6.08. The highest BCUT2D eigenvalue weighted by atomic mass is 19.1. The lowest BCUT2D eigenvalue weighted by atomic mass is 9.97. The Morgan fingerprint density at radius 3 is 2.39 bits per heavy atom. The van der Waals surface area contributed by atoms with Crippen molar-refractivity contribution in [3.63, 3.8) is 0 Å². The summed E-state index contributed by atoms with van der Waals surface area (Å²) in [6, 6.07) is 12.7. The molecular formula is C30H26FN3O4. The second-order valence-electron chi connectivity index (χ2n) is 8.86. The van der Waals surface area contributed by atoms with Gasteiger partial charge in [-0.15, -0.1) is 6.42 Å². The van der Waals surface area contributed by atoms with Crippen LogP contribution in [0, 0.1) is 32.0 Å². The van der Waals surface area contributed by atoms with Gasteiger partial charge in [-0.1, -0.05) is 6.07 Å². The zero-order valence-corrected chi connectivity index (χ0v) is 21.4. The van der Waals surface area contributed by atoms with Crippen molar-refractivity contribution in [1.82, 2.24) is 9.88 Å². The number of amides is 2. The molecule has 38 heavy (non-hydrogen) atoms. The zero-order chi connectivity index (χ0) is 27.6. The third-order valence-corrected chi connectivity index (χ3v) is 6.08. The smallest absolute Gasteiger partial charge is 0.300 e. The lowest BCUT2D eigenvalue weighted by Crippen LogP contribution is -2.23. The van der Waals surface area contributed by atoms with Gasteiger partial charge in [0.05, 0.1) is 0 Å². The fraction of sp³-hybridized carbons (Fsp3) is 0.167. The molecule has 4 aromatic rings. The number of rotatable bonds is 6. The number of nitrogens with zero attached hydrogens (tertiary/aromatic N) is 1. The number of anilines is 1. The summed E-state index contributed by atoms with van der Waals surface area (Å²) < 4.78 is 21.7. The van der Waals surface area contributed by atoms with Gasteiger partial charge in [0, 0.05) is 47.6 Å². The Kier molecular flexibility index (Phi) is 7.31. The Hall–Kier alpha value is -4.90. The third kappa shape index (κ3) is 5.13. The molecule has 0 saturated heterocycles. The largest absolute Gasteiger partial charge is 0.456 e. The van der Waals surface area contributed by atoms with Gasteiger partial charge in [0.1, 0.15) is 17.3 Å². The fourth-order valence-electron chi connectivity index (χ4n) is 4.33. The van der Waals surface area contributed by atoms with Gasteiger partial charge in [-0.05, 0) is 85.7 Å². The van der Waals surface area contributed by atoms with Crippen LogP contribution >= 0.6 is 0 Å². The Morgan fingerprint density at radius 1 is 1.03 bits per heavy atom. The molecule has 1 heterocycles. The predicted molar refractivity (Wildman–Crippen MR) is 146 cm³/mol.